The first kappa shape index (κ1) is 10.5. The van der Waals surface area contributed by atoms with Crippen molar-refractivity contribution in [3.8, 4) is 5.75 Å². The van der Waals surface area contributed by atoms with Gasteiger partial charge in [-0.2, -0.15) is 0 Å². The third kappa shape index (κ3) is 3.53. The van der Waals surface area contributed by atoms with Crippen LogP contribution in [-0.2, 0) is 4.74 Å². The molecular formula is C12H16NO2. The minimum absolute atomic E-state index is 0.734. The van der Waals surface area contributed by atoms with Gasteiger partial charge >= 0.3 is 0 Å². The van der Waals surface area contributed by atoms with Crippen molar-refractivity contribution in [3.05, 3.63) is 30.3 Å². The molecule has 3 heteroatoms. The molecule has 0 N–H and O–H groups in total. The molecule has 0 amide bonds. The molecule has 81 valence electrons. The maximum Gasteiger partial charge on any atom is 0.119 e. The standard InChI is InChI=1S/C12H16NO2/c1-2-4-12(5-3-1)15-11-8-13-6-9-14-10-7-13/h1-2,4-5H,6-11H2. The Morgan fingerprint density at radius 3 is 3.00 bits per heavy atom. The molecule has 0 atom stereocenters. The Balaban J connectivity index is 1.66. The number of rotatable bonds is 4. The second-order valence-corrected chi connectivity index (χ2v) is 3.54. The molecule has 1 aliphatic rings. The van der Waals surface area contributed by atoms with E-state index in [2.05, 4.69) is 11.0 Å². The molecule has 1 fully saturated rings. The summed E-state index contributed by atoms with van der Waals surface area (Å²) >= 11 is 0. The Hall–Kier alpha value is -1.06. The van der Waals surface area contributed by atoms with Crippen molar-refractivity contribution in [2.75, 3.05) is 39.5 Å². The summed E-state index contributed by atoms with van der Waals surface area (Å²) in [6.45, 7) is 5.43. The third-order valence-corrected chi connectivity index (χ3v) is 2.46. The van der Waals surface area contributed by atoms with E-state index in [-0.39, 0.29) is 0 Å². The summed E-state index contributed by atoms with van der Waals surface area (Å²) in [4.78, 5) is 2.36. The predicted molar refractivity (Wildman–Crippen MR) is 58.0 cm³/mol. The molecule has 0 aliphatic carbocycles. The Morgan fingerprint density at radius 2 is 2.27 bits per heavy atom. The number of benzene rings is 1. The Morgan fingerprint density at radius 1 is 1.40 bits per heavy atom. The van der Waals surface area contributed by atoms with Gasteiger partial charge in [-0.05, 0) is 18.2 Å². The molecule has 0 aromatic heterocycles. The molecule has 1 saturated heterocycles. The zero-order chi connectivity index (χ0) is 10.3. The van der Waals surface area contributed by atoms with Crippen molar-refractivity contribution in [1.29, 1.82) is 0 Å². The van der Waals surface area contributed by atoms with E-state index in [1.165, 1.54) is 0 Å². The highest BCUT2D eigenvalue weighted by atomic mass is 16.5. The van der Waals surface area contributed by atoms with Gasteiger partial charge in [-0.25, -0.2) is 0 Å². The first-order valence-electron chi connectivity index (χ1n) is 5.34. The molecule has 0 unspecified atom stereocenters. The van der Waals surface area contributed by atoms with Crippen LogP contribution in [0, 0.1) is 6.07 Å². The van der Waals surface area contributed by atoms with Crippen LogP contribution in [0.1, 0.15) is 0 Å². The molecule has 3 nitrogen and oxygen atoms in total. The van der Waals surface area contributed by atoms with Crippen LogP contribution < -0.4 is 4.74 Å². The lowest BCUT2D eigenvalue weighted by Crippen LogP contribution is -2.38. The Labute approximate surface area is 90.6 Å². The van der Waals surface area contributed by atoms with E-state index in [4.69, 9.17) is 9.47 Å². The lowest BCUT2D eigenvalue weighted by Gasteiger charge is -2.26. The number of hydrogen-bond donors (Lipinski definition) is 0. The summed E-state index contributed by atoms with van der Waals surface area (Å²) in [5.74, 6) is 0.894. The van der Waals surface area contributed by atoms with E-state index < -0.39 is 0 Å². The smallest absolute Gasteiger partial charge is 0.119 e. The van der Waals surface area contributed by atoms with Crippen LogP contribution in [0.2, 0.25) is 0 Å². The first-order chi connectivity index (χ1) is 7.45. The third-order valence-electron chi connectivity index (χ3n) is 2.46. The van der Waals surface area contributed by atoms with Gasteiger partial charge in [0.2, 0.25) is 0 Å². The van der Waals surface area contributed by atoms with E-state index in [1.807, 2.05) is 24.3 Å². The highest BCUT2D eigenvalue weighted by Crippen LogP contribution is 2.07. The topological polar surface area (TPSA) is 21.7 Å². The highest BCUT2D eigenvalue weighted by Gasteiger charge is 2.09. The fourth-order valence-electron chi connectivity index (χ4n) is 1.58. The van der Waals surface area contributed by atoms with E-state index in [0.29, 0.717) is 0 Å². The van der Waals surface area contributed by atoms with Gasteiger partial charge in [0.05, 0.1) is 13.2 Å². The van der Waals surface area contributed by atoms with Crippen molar-refractivity contribution >= 4 is 0 Å². The van der Waals surface area contributed by atoms with E-state index in [0.717, 1.165) is 45.2 Å². The summed E-state index contributed by atoms with van der Waals surface area (Å²) < 4.78 is 10.9. The quantitative estimate of drug-likeness (QED) is 0.739. The van der Waals surface area contributed by atoms with Crippen LogP contribution in [-0.4, -0.2) is 44.4 Å². The molecule has 0 saturated carbocycles. The SMILES string of the molecule is [c]1cccc(OCCN2CCOCC2)c1. The monoisotopic (exact) mass is 206 g/mol. The summed E-state index contributed by atoms with van der Waals surface area (Å²) in [5.41, 5.74) is 0. The zero-order valence-electron chi connectivity index (χ0n) is 8.82. The van der Waals surface area contributed by atoms with Crippen LogP contribution in [0.4, 0.5) is 0 Å². The maximum atomic E-state index is 5.60. The average molecular weight is 206 g/mol. The molecule has 1 aromatic carbocycles. The van der Waals surface area contributed by atoms with Gasteiger partial charge in [-0.15, -0.1) is 0 Å². The van der Waals surface area contributed by atoms with E-state index in [1.54, 1.807) is 0 Å². The molecular weight excluding hydrogens is 190 g/mol. The van der Waals surface area contributed by atoms with Crippen molar-refractivity contribution in [3.63, 3.8) is 0 Å². The zero-order valence-corrected chi connectivity index (χ0v) is 8.82. The van der Waals surface area contributed by atoms with Crippen LogP contribution in [0.5, 0.6) is 5.75 Å². The second kappa shape index (κ2) is 5.73. The van der Waals surface area contributed by atoms with Crippen molar-refractivity contribution in [2.45, 2.75) is 0 Å². The van der Waals surface area contributed by atoms with Crippen LogP contribution >= 0.6 is 0 Å². The van der Waals surface area contributed by atoms with Gasteiger partial charge in [-0.3, -0.25) is 4.90 Å². The lowest BCUT2D eigenvalue weighted by atomic mass is 10.3. The summed E-state index contributed by atoms with van der Waals surface area (Å²) in [7, 11) is 0. The summed E-state index contributed by atoms with van der Waals surface area (Å²) in [6.07, 6.45) is 0. The molecule has 2 rings (SSSR count). The fourth-order valence-corrected chi connectivity index (χ4v) is 1.58. The summed E-state index contributed by atoms with van der Waals surface area (Å²) in [5, 5.41) is 0. The molecule has 0 bridgehead atoms. The molecule has 1 heterocycles. The first-order valence-corrected chi connectivity index (χ1v) is 5.34. The van der Waals surface area contributed by atoms with E-state index in [9.17, 15) is 0 Å². The lowest BCUT2D eigenvalue weighted by molar-refractivity contribution is 0.0322. The minimum Gasteiger partial charge on any atom is -0.492 e. The number of morpholine rings is 1. The molecule has 1 aliphatic heterocycles. The minimum atomic E-state index is 0.734. The number of hydrogen-bond acceptors (Lipinski definition) is 3. The normalized spacial score (nSPS) is 17.6. The molecule has 1 aromatic rings. The van der Waals surface area contributed by atoms with Crippen LogP contribution in [0.25, 0.3) is 0 Å². The molecule has 1 radical (unpaired) electrons. The highest BCUT2D eigenvalue weighted by molar-refractivity contribution is 5.19. The van der Waals surface area contributed by atoms with Gasteiger partial charge in [0.25, 0.3) is 0 Å². The Bertz CT molecular complexity index is 270. The largest absolute Gasteiger partial charge is 0.492 e. The summed E-state index contributed by atoms with van der Waals surface area (Å²) in [6, 6.07) is 10.6. The number of ether oxygens (including phenoxy) is 2. The fraction of sp³-hybridized carbons (Fsp3) is 0.500. The van der Waals surface area contributed by atoms with Crippen molar-refractivity contribution < 1.29 is 9.47 Å². The Kier molecular flexibility index (Phi) is 4.00. The van der Waals surface area contributed by atoms with Crippen molar-refractivity contribution in [2.24, 2.45) is 0 Å². The molecule has 15 heavy (non-hydrogen) atoms. The van der Waals surface area contributed by atoms with Gasteiger partial charge in [0, 0.05) is 19.6 Å². The van der Waals surface area contributed by atoms with Crippen molar-refractivity contribution in [1.82, 2.24) is 4.90 Å². The van der Waals surface area contributed by atoms with Crippen LogP contribution in [0.15, 0.2) is 24.3 Å². The predicted octanol–water partition coefficient (Wildman–Crippen LogP) is 1.20. The van der Waals surface area contributed by atoms with Gasteiger partial charge < -0.3 is 9.47 Å². The van der Waals surface area contributed by atoms with Gasteiger partial charge in [0.1, 0.15) is 12.4 Å². The average Bonchev–Trinajstić information content (AvgIpc) is 2.32. The number of nitrogens with zero attached hydrogens (tertiary/aromatic N) is 1. The maximum absolute atomic E-state index is 5.60. The van der Waals surface area contributed by atoms with Crippen LogP contribution in [0.3, 0.4) is 0 Å². The van der Waals surface area contributed by atoms with Gasteiger partial charge in [-0.1, -0.05) is 12.1 Å². The van der Waals surface area contributed by atoms with E-state index >= 15 is 0 Å². The second-order valence-electron chi connectivity index (χ2n) is 3.54. The molecule has 0 spiro atoms. The van der Waals surface area contributed by atoms with Gasteiger partial charge in [0.15, 0.2) is 0 Å².